The van der Waals surface area contributed by atoms with Crippen molar-refractivity contribution in [1.29, 1.82) is 0 Å². The average Bonchev–Trinajstić information content (AvgIpc) is 3.08. The summed E-state index contributed by atoms with van der Waals surface area (Å²) in [7, 11) is 3.57. The third-order valence-electron chi connectivity index (χ3n) is 5.52. The van der Waals surface area contributed by atoms with Gasteiger partial charge >= 0.3 is 0 Å². The Labute approximate surface area is 185 Å². The van der Waals surface area contributed by atoms with Crippen molar-refractivity contribution in [3.05, 3.63) is 63.4 Å². The zero-order valence-corrected chi connectivity index (χ0v) is 18.3. The van der Waals surface area contributed by atoms with Crippen LogP contribution in [0.4, 0.5) is 11.4 Å². The Balaban J connectivity index is 1.41. The Kier molecular flexibility index (Phi) is 6.01. The first-order valence-electron chi connectivity index (χ1n) is 9.96. The van der Waals surface area contributed by atoms with Gasteiger partial charge in [0.25, 0.3) is 5.69 Å². The predicted molar refractivity (Wildman–Crippen MR) is 121 cm³/mol. The largest absolute Gasteiger partial charge is 0.497 e. The van der Waals surface area contributed by atoms with Crippen molar-refractivity contribution >= 4 is 23.6 Å². The van der Waals surface area contributed by atoms with Crippen molar-refractivity contribution in [2.24, 2.45) is 7.05 Å². The lowest BCUT2D eigenvalue weighted by molar-refractivity contribution is -0.384. The molecule has 0 aliphatic carbocycles. The van der Waals surface area contributed by atoms with Crippen LogP contribution in [0, 0.1) is 14.9 Å². The van der Waals surface area contributed by atoms with E-state index in [2.05, 4.69) is 9.80 Å². The number of nitro groups is 1. The Morgan fingerprint density at radius 3 is 2.29 bits per heavy atom. The van der Waals surface area contributed by atoms with Crippen molar-refractivity contribution in [1.82, 2.24) is 19.2 Å². The number of piperazine rings is 1. The van der Waals surface area contributed by atoms with Gasteiger partial charge in [-0.05, 0) is 48.6 Å². The molecular formula is C21H24N6O3S. The van der Waals surface area contributed by atoms with Crippen LogP contribution in [0.3, 0.4) is 0 Å². The highest BCUT2D eigenvalue weighted by Crippen LogP contribution is 2.22. The summed E-state index contributed by atoms with van der Waals surface area (Å²) in [5, 5.41) is 15.6. The first kappa shape index (κ1) is 21.0. The van der Waals surface area contributed by atoms with E-state index < -0.39 is 0 Å². The van der Waals surface area contributed by atoms with Gasteiger partial charge in [0.2, 0.25) is 0 Å². The normalized spacial score (nSPS) is 14.6. The van der Waals surface area contributed by atoms with Crippen LogP contribution in [0.25, 0.3) is 11.4 Å². The highest BCUT2D eigenvalue weighted by atomic mass is 32.1. The topological polar surface area (TPSA) is 81.6 Å². The molecule has 162 valence electrons. The number of rotatable bonds is 6. The van der Waals surface area contributed by atoms with E-state index in [-0.39, 0.29) is 10.6 Å². The maximum absolute atomic E-state index is 10.8. The summed E-state index contributed by atoms with van der Waals surface area (Å²) < 4.78 is 9.68. The van der Waals surface area contributed by atoms with E-state index >= 15 is 0 Å². The molecule has 0 atom stereocenters. The number of nitrogens with zero attached hydrogens (tertiary/aromatic N) is 6. The minimum absolute atomic E-state index is 0.111. The van der Waals surface area contributed by atoms with E-state index in [0.29, 0.717) is 11.4 Å². The number of nitro benzene ring substituents is 1. The smallest absolute Gasteiger partial charge is 0.269 e. The van der Waals surface area contributed by atoms with E-state index in [9.17, 15) is 10.1 Å². The third-order valence-corrected chi connectivity index (χ3v) is 6.01. The third kappa shape index (κ3) is 4.44. The standard InChI is InChI=1S/C21H24N6O3S/c1-23-20(16-3-9-19(30-2)10-4-16)22-26(21(23)31)15-24-11-13-25(14-12-24)17-5-7-18(8-6-17)27(28)29/h3-10H,11-15H2,1-2H3. The van der Waals surface area contributed by atoms with Gasteiger partial charge in [-0.15, -0.1) is 0 Å². The molecule has 2 aromatic carbocycles. The molecular weight excluding hydrogens is 416 g/mol. The van der Waals surface area contributed by atoms with Crippen molar-refractivity contribution in [3.8, 4) is 17.1 Å². The van der Waals surface area contributed by atoms with Crippen LogP contribution < -0.4 is 9.64 Å². The second-order valence-electron chi connectivity index (χ2n) is 7.41. The summed E-state index contributed by atoms with van der Waals surface area (Å²) in [6.07, 6.45) is 0. The monoisotopic (exact) mass is 440 g/mol. The number of non-ortho nitro benzene ring substituents is 1. The number of methoxy groups -OCH3 is 1. The van der Waals surface area contributed by atoms with Gasteiger partial charge in [0.15, 0.2) is 10.6 Å². The first-order valence-corrected chi connectivity index (χ1v) is 10.4. The SMILES string of the molecule is COc1ccc(-c2nn(CN3CCN(c4ccc([N+](=O)[O-])cc4)CC3)c(=S)n2C)cc1. The van der Waals surface area contributed by atoms with Crippen LogP contribution >= 0.6 is 12.2 Å². The molecule has 1 aliphatic rings. The van der Waals surface area contributed by atoms with Crippen molar-refractivity contribution in [2.45, 2.75) is 6.67 Å². The fraction of sp³-hybridized carbons (Fsp3) is 0.333. The molecule has 10 heteroatoms. The minimum Gasteiger partial charge on any atom is -0.497 e. The summed E-state index contributed by atoms with van der Waals surface area (Å²) in [5.41, 5.74) is 2.09. The van der Waals surface area contributed by atoms with Crippen molar-refractivity contribution in [3.63, 3.8) is 0 Å². The second kappa shape index (κ2) is 8.86. The highest BCUT2D eigenvalue weighted by molar-refractivity contribution is 7.71. The molecule has 31 heavy (non-hydrogen) atoms. The number of aromatic nitrogens is 3. The molecule has 2 heterocycles. The zero-order valence-electron chi connectivity index (χ0n) is 17.5. The second-order valence-corrected chi connectivity index (χ2v) is 7.78. The lowest BCUT2D eigenvalue weighted by Gasteiger charge is -2.35. The lowest BCUT2D eigenvalue weighted by atomic mass is 10.2. The molecule has 0 radical (unpaired) electrons. The van der Waals surface area contributed by atoms with E-state index in [1.807, 2.05) is 52.7 Å². The van der Waals surface area contributed by atoms with E-state index in [1.54, 1.807) is 19.2 Å². The number of ether oxygens (including phenoxy) is 1. The van der Waals surface area contributed by atoms with Crippen LogP contribution in [0.2, 0.25) is 0 Å². The van der Waals surface area contributed by atoms with Crippen LogP contribution in [0.1, 0.15) is 0 Å². The molecule has 1 aliphatic heterocycles. The molecule has 3 aromatic rings. The lowest BCUT2D eigenvalue weighted by Crippen LogP contribution is -2.47. The summed E-state index contributed by atoms with van der Waals surface area (Å²) in [5.74, 6) is 1.62. The average molecular weight is 441 g/mol. The van der Waals surface area contributed by atoms with Crippen LogP contribution in [-0.4, -0.2) is 57.5 Å². The van der Waals surface area contributed by atoms with Gasteiger partial charge < -0.3 is 14.2 Å². The van der Waals surface area contributed by atoms with Gasteiger partial charge in [-0.3, -0.25) is 15.0 Å². The number of anilines is 1. The molecule has 1 aromatic heterocycles. The molecule has 0 saturated carbocycles. The van der Waals surface area contributed by atoms with E-state index in [1.165, 1.54) is 0 Å². The fourth-order valence-corrected chi connectivity index (χ4v) is 3.88. The summed E-state index contributed by atoms with van der Waals surface area (Å²) in [6.45, 7) is 4.00. The first-order chi connectivity index (χ1) is 15.0. The van der Waals surface area contributed by atoms with Crippen LogP contribution in [-0.2, 0) is 13.7 Å². The van der Waals surface area contributed by atoms with Crippen molar-refractivity contribution in [2.75, 3.05) is 38.2 Å². The van der Waals surface area contributed by atoms with Gasteiger partial charge in [-0.25, -0.2) is 4.68 Å². The minimum atomic E-state index is -0.377. The quantitative estimate of drug-likeness (QED) is 0.330. The predicted octanol–water partition coefficient (Wildman–Crippen LogP) is 3.31. The Hall–Kier alpha value is -3.24. The molecule has 0 N–H and O–H groups in total. The number of benzene rings is 2. The maximum Gasteiger partial charge on any atom is 0.269 e. The Bertz CT molecular complexity index is 1120. The van der Waals surface area contributed by atoms with Gasteiger partial charge in [0, 0.05) is 56.6 Å². The molecule has 0 bridgehead atoms. The molecule has 9 nitrogen and oxygen atoms in total. The maximum atomic E-state index is 10.8. The van der Waals surface area contributed by atoms with Crippen LogP contribution in [0.5, 0.6) is 5.75 Å². The molecule has 0 unspecified atom stereocenters. The number of hydrogen-bond donors (Lipinski definition) is 0. The van der Waals surface area contributed by atoms with Gasteiger partial charge in [0.05, 0.1) is 18.7 Å². The Morgan fingerprint density at radius 2 is 1.71 bits per heavy atom. The van der Waals surface area contributed by atoms with Gasteiger partial charge in [-0.2, -0.15) is 5.10 Å². The number of hydrogen-bond acceptors (Lipinski definition) is 7. The molecule has 0 amide bonds. The fourth-order valence-electron chi connectivity index (χ4n) is 3.69. The molecule has 1 saturated heterocycles. The van der Waals surface area contributed by atoms with Gasteiger partial charge in [-0.1, -0.05) is 0 Å². The zero-order chi connectivity index (χ0) is 22.0. The van der Waals surface area contributed by atoms with E-state index in [4.69, 9.17) is 22.1 Å². The van der Waals surface area contributed by atoms with E-state index in [0.717, 1.165) is 49.0 Å². The van der Waals surface area contributed by atoms with Gasteiger partial charge in [0.1, 0.15) is 5.75 Å². The molecule has 1 fully saturated rings. The molecule has 4 rings (SSSR count). The summed E-state index contributed by atoms with van der Waals surface area (Å²) in [6, 6.07) is 14.5. The molecule has 0 spiro atoms. The summed E-state index contributed by atoms with van der Waals surface area (Å²) >= 11 is 5.61. The highest BCUT2D eigenvalue weighted by Gasteiger charge is 2.20. The summed E-state index contributed by atoms with van der Waals surface area (Å²) in [4.78, 5) is 15.0. The Morgan fingerprint density at radius 1 is 1.06 bits per heavy atom. The van der Waals surface area contributed by atoms with Crippen molar-refractivity contribution < 1.29 is 9.66 Å². The van der Waals surface area contributed by atoms with Crippen LogP contribution in [0.15, 0.2) is 48.5 Å².